The zero-order valence-electron chi connectivity index (χ0n) is 11.1. The number of aryl methyl sites for hydroxylation is 1. The second-order valence-corrected chi connectivity index (χ2v) is 4.74. The molecule has 1 N–H and O–H groups in total. The van der Waals surface area contributed by atoms with Gasteiger partial charge in [0.05, 0.1) is 0 Å². The van der Waals surface area contributed by atoms with Crippen LogP contribution in [-0.4, -0.2) is 0 Å². The summed E-state index contributed by atoms with van der Waals surface area (Å²) < 4.78 is 26.5. The molecule has 2 aromatic carbocycles. The Morgan fingerprint density at radius 2 is 1.89 bits per heavy atom. The summed E-state index contributed by atoms with van der Waals surface area (Å²) >= 11 is 0. The normalized spacial score (nSPS) is 12.4. The van der Waals surface area contributed by atoms with Gasteiger partial charge in [-0.3, -0.25) is 0 Å². The average molecular weight is 261 g/mol. The lowest BCUT2D eigenvalue weighted by molar-refractivity contribution is 0.559. The zero-order valence-corrected chi connectivity index (χ0v) is 11.1. The molecule has 1 atom stereocenters. The topological polar surface area (TPSA) is 12.0 Å². The molecule has 100 valence electrons. The van der Waals surface area contributed by atoms with Crippen LogP contribution < -0.4 is 5.32 Å². The standard InChI is InChI=1S/C16H17F2N/c1-11-6-7-14(9-16(11)18)12(2)19-10-13-4-3-5-15(17)8-13/h3-9,12,19H,10H2,1-2H3. The Morgan fingerprint density at radius 1 is 1.11 bits per heavy atom. The molecule has 0 aliphatic heterocycles. The molecule has 19 heavy (non-hydrogen) atoms. The SMILES string of the molecule is Cc1ccc(C(C)NCc2cccc(F)c2)cc1F. The van der Waals surface area contributed by atoms with E-state index in [0.717, 1.165) is 11.1 Å². The van der Waals surface area contributed by atoms with Gasteiger partial charge in [-0.25, -0.2) is 8.78 Å². The van der Waals surface area contributed by atoms with E-state index >= 15 is 0 Å². The minimum Gasteiger partial charge on any atom is -0.306 e. The molecular weight excluding hydrogens is 244 g/mol. The number of hydrogen-bond donors (Lipinski definition) is 1. The fourth-order valence-electron chi connectivity index (χ4n) is 1.91. The average Bonchev–Trinajstić information content (AvgIpc) is 2.39. The van der Waals surface area contributed by atoms with E-state index in [-0.39, 0.29) is 17.7 Å². The lowest BCUT2D eigenvalue weighted by Crippen LogP contribution is -2.18. The molecule has 2 aromatic rings. The molecular formula is C16H17F2N. The lowest BCUT2D eigenvalue weighted by atomic mass is 10.1. The first kappa shape index (κ1) is 13.7. The molecule has 1 nitrogen and oxygen atoms in total. The van der Waals surface area contributed by atoms with Gasteiger partial charge in [-0.15, -0.1) is 0 Å². The summed E-state index contributed by atoms with van der Waals surface area (Å²) in [5, 5.41) is 3.26. The van der Waals surface area contributed by atoms with E-state index in [9.17, 15) is 8.78 Å². The maximum Gasteiger partial charge on any atom is 0.126 e. The highest BCUT2D eigenvalue weighted by Gasteiger charge is 2.07. The molecule has 0 saturated carbocycles. The van der Waals surface area contributed by atoms with Gasteiger partial charge in [-0.2, -0.15) is 0 Å². The van der Waals surface area contributed by atoms with Crippen molar-refractivity contribution >= 4 is 0 Å². The summed E-state index contributed by atoms with van der Waals surface area (Å²) in [7, 11) is 0. The second-order valence-electron chi connectivity index (χ2n) is 4.74. The molecule has 1 unspecified atom stereocenters. The van der Waals surface area contributed by atoms with Gasteiger partial charge >= 0.3 is 0 Å². The van der Waals surface area contributed by atoms with Crippen LogP contribution in [0.15, 0.2) is 42.5 Å². The van der Waals surface area contributed by atoms with Gasteiger partial charge in [-0.1, -0.05) is 24.3 Å². The number of rotatable bonds is 4. The lowest BCUT2D eigenvalue weighted by Gasteiger charge is -2.15. The van der Waals surface area contributed by atoms with Crippen molar-refractivity contribution in [1.82, 2.24) is 5.32 Å². The van der Waals surface area contributed by atoms with Crippen LogP contribution in [0.25, 0.3) is 0 Å². The largest absolute Gasteiger partial charge is 0.306 e. The monoisotopic (exact) mass is 261 g/mol. The molecule has 3 heteroatoms. The molecule has 0 spiro atoms. The number of nitrogens with one attached hydrogen (secondary N) is 1. The molecule has 0 saturated heterocycles. The third-order valence-electron chi connectivity index (χ3n) is 3.20. The minimum absolute atomic E-state index is 0.0124. The number of halogens is 2. The van der Waals surface area contributed by atoms with E-state index in [0.29, 0.717) is 12.1 Å². The van der Waals surface area contributed by atoms with Crippen LogP contribution in [0.4, 0.5) is 8.78 Å². The molecule has 0 aliphatic rings. The van der Waals surface area contributed by atoms with Crippen LogP contribution in [0.5, 0.6) is 0 Å². The third-order valence-corrected chi connectivity index (χ3v) is 3.20. The van der Waals surface area contributed by atoms with Crippen molar-refractivity contribution in [1.29, 1.82) is 0 Å². The summed E-state index contributed by atoms with van der Waals surface area (Å²) in [4.78, 5) is 0. The Labute approximate surface area is 112 Å². The van der Waals surface area contributed by atoms with E-state index in [2.05, 4.69) is 5.32 Å². The molecule has 0 aliphatic carbocycles. The van der Waals surface area contributed by atoms with E-state index in [1.54, 1.807) is 25.1 Å². The molecule has 0 bridgehead atoms. The third kappa shape index (κ3) is 3.61. The van der Waals surface area contributed by atoms with Crippen molar-refractivity contribution in [2.75, 3.05) is 0 Å². The van der Waals surface area contributed by atoms with Gasteiger partial charge in [0, 0.05) is 12.6 Å². The van der Waals surface area contributed by atoms with Crippen LogP contribution in [0.1, 0.15) is 29.7 Å². The van der Waals surface area contributed by atoms with Gasteiger partial charge < -0.3 is 5.32 Å². The van der Waals surface area contributed by atoms with Crippen LogP contribution in [-0.2, 0) is 6.54 Å². The Hall–Kier alpha value is -1.74. The van der Waals surface area contributed by atoms with Gasteiger partial charge in [0.15, 0.2) is 0 Å². The molecule has 0 fully saturated rings. The summed E-state index contributed by atoms with van der Waals surface area (Å²) in [5.74, 6) is -0.440. The van der Waals surface area contributed by atoms with Crippen molar-refractivity contribution in [2.24, 2.45) is 0 Å². The molecule has 0 amide bonds. The van der Waals surface area contributed by atoms with Crippen molar-refractivity contribution in [3.05, 3.63) is 70.8 Å². The van der Waals surface area contributed by atoms with Gasteiger partial charge in [0.25, 0.3) is 0 Å². The van der Waals surface area contributed by atoms with Gasteiger partial charge in [0.2, 0.25) is 0 Å². The van der Waals surface area contributed by atoms with Crippen molar-refractivity contribution < 1.29 is 8.78 Å². The van der Waals surface area contributed by atoms with Gasteiger partial charge in [-0.05, 0) is 48.7 Å². The first-order valence-corrected chi connectivity index (χ1v) is 6.30. The zero-order chi connectivity index (χ0) is 13.8. The summed E-state index contributed by atoms with van der Waals surface area (Å²) in [5.41, 5.74) is 2.40. The fraction of sp³-hybridized carbons (Fsp3) is 0.250. The highest BCUT2D eigenvalue weighted by Crippen LogP contribution is 2.17. The van der Waals surface area contributed by atoms with Crippen molar-refractivity contribution in [2.45, 2.75) is 26.4 Å². The maximum absolute atomic E-state index is 13.5. The highest BCUT2D eigenvalue weighted by molar-refractivity contribution is 5.25. The van der Waals surface area contributed by atoms with Crippen molar-refractivity contribution in [3.63, 3.8) is 0 Å². The van der Waals surface area contributed by atoms with E-state index in [4.69, 9.17) is 0 Å². The number of benzene rings is 2. The predicted molar refractivity (Wildman–Crippen MR) is 72.8 cm³/mol. The summed E-state index contributed by atoms with van der Waals surface area (Å²) in [6.07, 6.45) is 0. The number of hydrogen-bond acceptors (Lipinski definition) is 1. The summed E-state index contributed by atoms with van der Waals surface area (Å²) in [6.45, 7) is 4.25. The van der Waals surface area contributed by atoms with E-state index in [1.165, 1.54) is 12.1 Å². The smallest absolute Gasteiger partial charge is 0.126 e. The Balaban J connectivity index is 2.01. The van der Waals surface area contributed by atoms with E-state index < -0.39 is 0 Å². The molecule has 0 heterocycles. The Morgan fingerprint density at radius 3 is 2.58 bits per heavy atom. The minimum atomic E-state index is -0.242. The second kappa shape index (κ2) is 5.93. The van der Waals surface area contributed by atoms with Crippen LogP contribution in [0, 0.1) is 18.6 Å². The van der Waals surface area contributed by atoms with Crippen LogP contribution >= 0.6 is 0 Å². The highest BCUT2D eigenvalue weighted by atomic mass is 19.1. The Kier molecular flexibility index (Phi) is 4.27. The fourth-order valence-corrected chi connectivity index (χ4v) is 1.91. The first-order valence-electron chi connectivity index (χ1n) is 6.30. The van der Waals surface area contributed by atoms with Crippen molar-refractivity contribution in [3.8, 4) is 0 Å². The summed E-state index contributed by atoms with van der Waals surface area (Å²) in [6, 6.07) is 11.7. The Bertz CT molecular complexity index is 566. The predicted octanol–water partition coefficient (Wildman–Crippen LogP) is 4.12. The molecule has 2 rings (SSSR count). The maximum atomic E-state index is 13.5. The first-order chi connectivity index (χ1) is 9.06. The molecule has 0 aromatic heterocycles. The van der Waals surface area contributed by atoms with Crippen LogP contribution in [0.2, 0.25) is 0 Å². The van der Waals surface area contributed by atoms with Crippen LogP contribution in [0.3, 0.4) is 0 Å². The van der Waals surface area contributed by atoms with Gasteiger partial charge in [0.1, 0.15) is 11.6 Å². The molecule has 0 radical (unpaired) electrons. The quantitative estimate of drug-likeness (QED) is 0.872. The van der Waals surface area contributed by atoms with E-state index in [1.807, 2.05) is 19.1 Å².